The summed E-state index contributed by atoms with van der Waals surface area (Å²) in [6.45, 7) is 11.1. The van der Waals surface area contributed by atoms with Gasteiger partial charge in [-0.25, -0.2) is 0 Å². The number of rotatable bonds is 7. The summed E-state index contributed by atoms with van der Waals surface area (Å²) in [5.74, 6) is 1.12. The van der Waals surface area contributed by atoms with Gasteiger partial charge in [0.25, 0.3) is 11.8 Å². The van der Waals surface area contributed by atoms with Crippen LogP contribution in [0.15, 0.2) is 49.1 Å². The van der Waals surface area contributed by atoms with E-state index in [0.29, 0.717) is 35.1 Å². The Bertz CT molecular complexity index is 838. The number of allylic oxidation sites excluding steroid dienone is 2. The third-order valence-electron chi connectivity index (χ3n) is 5.93. The summed E-state index contributed by atoms with van der Waals surface area (Å²) in [4.78, 5) is 29.2. The minimum atomic E-state index is -0.231. The summed E-state index contributed by atoms with van der Waals surface area (Å²) < 4.78 is 10.7. The maximum absolute atomic E-state index is 12.7. The SMILES string of the molecule is C=C/C=C(\C=C)CN1CCC(CCN2C(=O)c3cc4c(cc3C2=O)OCO4)CC1. The normalized spacial score (nSPS) is 19.6. The number of carbonyl (C=O) groups is 2. The lowest BCUT2D eigenvalue weighted by molar-refractivity contribution is 0.0637. The molecule has 0 aliphatic carbocycles. The van der Waals surface area contributed by atoms with Gasteiger partial charge in [-0.1, -0.05) is 31.4 Å². The molecule has 0 spiro atoms. The number of ether oxygens (including phenoxy) is 2. The molecule has 0 N–H and O–H groups in total. The second-order valence-corrected chi connectivity index (χ2v) is 7.70. The van der Waals surface area contributed by atoms with Gasteiger partial charge in [0.1, 0.15) is 0 Å². The van der Waals surface area contributed by atoms with E-state index in [1.165, 1.54) is 10.5 Å². The van der Waals surface area contributed by atoms with Crippen molar-refractivity contribution in [2.75, 3.05) is 33.0 Å². The highest BCUT2D eigenvalue weighted by atomic mass is 16.7. The van der Waals surface area contributed by atoms with E-state index in [4.69, 9.17) is 9.47 Å². The Kier molecular flexibility index (Phi) is 5.53. The van der Waals surface area contributed by atoms with Crippen molar-refractivity contribution < 1.29 is 19.1 Å². The van der Waals surface area contributed by atoms with E-state index in [-0.39, 0.29) is 18.6 Å². The molecule has 0 aromatic heterocycles. The van der Waals surface area contributed by atoms with Crippen LogP contribution in [0, 0.1) is 5.92 Å². The van der Waals surface area contributed by atoms with Gasteiger partial charge in [-0.2, -0.15) is 0 Å². The van der Waals surface area contributed by atoms with E-state index in [1.807, 2.05) is 12.2 Å². The molecule has 4 rings (SSSR count). The van der Waals surface area contributed by atoms with E-state index in [1.54, 1.807) is 18.2 Å². The first-order valence-electron chi connectivity index (χ1n) is 10.1. The van der Waals surface area contributed by atoms with Crippen molar-refractivity contribution in [3.63, 3.8) is 0 Å². The minimum absolute atomic E-state index is 0.126. The molecule has 6 nitrogen and oxygen atoms in total. The molecule has 2 amide bonds. The molecule has 1 aromatic carbocycles. The average Bonchev–Trinajstić information content (AvgIpc) is 3.29. The fourth-order valence-corrected chi connectivity index (χ4v) is 4.22. The van der Waals surface area contributed by atoms with Gasteiger partial charge in [0.15, 0.2) is 11.5 Å². The highest BCUT2D eigenvalue weighted by Crippen LogP contribution is 2.38. The largest absolute Gasteiger partial charge is 0.454 e. The Morgan fingerprint density at radius 2 is 1.69 bits per heavy atom. The molecule has 3 heterocycles. The quantitative estimate of drug-likeness (QED) is 0.524. The first-order valence-corrected chi connectivity index (χ1v) is 10.1. The Morgan fingerprint density at radius 1 is 1.07 bits per heavy atom. The van der Waals surface area contributed by atoms with Crippen LogP contribution in [0.2, 0.25) is 0 Å². The zero-order chi connectivity index (χ0) is 20.4. The topological polar surface area (TPSA) is 59.1 Å². The number of hydrogen-bond donors (Lipinski definition) is 0. The van der Waals surface area contributed by atoms with Crippen molar-refractivity contribution in [3.05, 3.63) is 60.2 Å². The number of carbonyl (C=O) groups excluding carboxylic acids is 2. The van der Waals surface area contributed by atoms with Crippen LogP contribution in [0.4, 0.5) is 0 Å². The smallest absolute Gasteiger partial charge is 0.261 e. The molecule has 152 valence electrons. The summed E-state index contributed by atoms with van der Waals surface area (Å²) >= 11 is 0. The van der Waals surface area contributed by atoms with Gasteiger partial charge in [0, 0.05) is 13.1 Å². The molecule has 0 bridgehead atoms. The average molecular weight is 394 g/mol. The van der Waals surface area contributed by atoms with Crippen LogP contribution in [-0.4, -0.2) is 54.6 Å². The maximum atomic E-state index is 12.7. The van der Waals surface area contributed by atoms with Crippen molar-refractivity contribution in [2.45, 2.75) is 19.3 Å². The van der Waals surface area contributed by atoms with Crippen LogP contribution < -0.4 is 9.47 Å². The fourth-order valence-electron chi connectivity index (χ4n) is 4.22. The van der Waals surface area contributed by atoms with Gasteiger partial charge in [-0.15, -0.1) is 0 Å². The highest BCUT2D eigenvalue weighted by molar-refractivity contribution is 6.21. The molecule has 0 saturated carbocycles. The second-order valence-electron chi connectivity index (χ2n) is 7.70. The summed E-state index contributed by atoms with van der Waals surface area (Å²) in [6, 6.07) is 3.26. The number of fused-ring (bicyclic) bond motifs is 2. The van der Waals surface area contributed by atoms with Gasteiger partial charge < -0.3 is 9.47 Å². The number of imide groups is 1. The van der Waals surface area contributed by atoms with Gasteiger partial charge >= 0.3 is 0 Å². The molecule has 0 unspecified atom stereocenters. The predicted octanol–water partition coefficient (Wildman–Crippen LogP) is 3.41. The van der Waals surface area contributed by atoms with E-state index in [2.05, 4.69) is 18.1 Å². The number of likely N-dealkylation sites (tertiary alicyclic amines) is 1. The van der Waals surface area contributed by atoms with Crippen LogP contribution in [0.5, 0.6) is 11.5 Å². The molecular formula is C23H26N2O4. The minimum Gasteiger partial charge on any atom is -0.454 e. The Labute approximate surface area is 171 Å². The van der Waals surface area contributed by atoms with Crippen LogP contribution in [0.3, 0.4) is 0 Å². The number of hydrogen-bond acceptors (Lipinski definition) is 5. The Balaban J connectivity index is 1.31. The lowest BCUT2D eigenvalue weighted by Crippen LogP contribution is -2.37. The van der Waals surface area contributed by atoms with Crippen molar-refractivity contribution in [2.24, 2.45) is 5.92 Å². The number of amides is 2. The molecule has 1 aromatic rings. The second kappa shape index (κ2) is 8.25. The zero-order valence-electron chi connectivity index (χ0n) is 16.6. The molecule has 0 atom stereocenters. The van der Waals surface area contributed by atoms with Crippen molar-refractivity contribution in [3.8, 4) is 11.5 Å². The summed E-state index contributed by atoms with van der Waals surface area (Å²) in [5.41, 5.74) is 2.00. The molecular weight excluding hydrogens is 368 g/mol. The third kappa shape index (κ3) is 3.85. The highest BCUT2D eigenvalue weighted by Gasteiger charge is 2.38. The lowest BCUT2D eigenvalue weighted by Gasteiger charge is -2.32. The first-order chi connectivity index (χ1) is 14.1. The molecule has 0 radical (unpaired) electrons. The molecule has 3 aliphatic heterocycles. The molecule has 3 aliphatic rings. The van der Waals surface area contributed by atoms with Crippen molar-refractivity contribution in [1.82, 2.24) is 9.80 Å². The van der Waals surface area contributed by atoms with E-state index >= 15 is 0 Å². The third-order valence-corrected chi connectivity index (χ3v) is 5.93. The van der Waals surface area contributed by atoms with Crippen LogP contribution in [-0.2, 0) is 0 Å². The molecule has 1 saturated heterocycles. The van der Waals surface area contributed by atoms with Crippen LogP contribution in [0.1, 0.15) is 40.0 Å². The van der Waals surface area contributed by atoms with Gasteiger partial charge in [0.2, 0.25) is 6.79 Å². The molecule has 29 heavy (non-hydrogen) atoms. The monoisotopic (exact) mass is 394 g/mol. The summed E-state index contributed by atoms with van der Waals surface area (Å²) in [6.07, 6.45) is 8.63. The standard InChI is InChI=1S/C23H26N2O4/c1-3-5-16(4-2)14-24-9-6-17(7-10-24)8-11-25-22(26)18-12-20-21(29-15-28-20)13-19(18)23(25)27/h3-5,12-13,17H,1-2,6-11,14-15H2/b16-5+. The van der Waals surface area contributed by atoms with Gasteiger partial charge in [0.05, 0.1) is 11.1 Å². The summed E-state index contributed by atoms with van der Waals surface area (Å²) in [5, 5.41) is 0. The predicted molar refractivity (Wildman–Crippen MR) is 110 cm³/mol. The Hall–Kier alpha value is -2.86. The number of nitrogens with zero attached hydrogens (tertiary/aromatic N) is 2. The zero-order valence-corrected chi connectivity index (χ0v) is 16.6. The van der Waals surface area contributed by atoms with Crippen molar-refractivity contribution in [1.29, 1.82) is 0 Å². The maximum Gasteiger partial charge on any atom is 0.261 e. The fraction of sp³-hybridized carbons (Fsp3) is 0.391. The first kappa shape index (κ1) is 19.5. The summed E-state index contributed by atoms with van der Waals surface area (Å²) in [7, 11) is 0. The van der Waals surface area contributed by atoms with Crippen LogP contribution >= 0.6 is 0 Å². The van der Waals surface area contributed by atoms with Crippen molar-refractivity contribution >= 4 is 11.8 Å². The Morgan fingerprint density at radius 3 is 2.24 bits per heavy atom. The van der Waals surface area contributed by atoms with Gasteiger partial charge in [-0.3, -0.25) is 19.4 Å². The number of piperidine rings is 1. The van der Waals surface area contributed by atoms with E-state index < -0.39 is 0 Å². The lowest BCUT2D eigenvalue weighted by atomic mass is 9.93. The molecule has 1 fully saturated rings. The van der Waals surface area contributed by atoms with E-state index in [0.717, 1.165) is 38.9 Å². The number of benzene rings is 1. The van der Waals surface area contributed by atoms with E-state index in [9.17, 15) is 9.59 Å². The van der Waals surface area contributed by atoms with Gasteiger partial charge in [-0.05, 0) is 56.0 Å². The molecule has 6 heteroatoms. The van der Waals surface area contributed by atoms with Crippen LogP contribution in [0.25, 0.3) is 0 Å².